The molecule has 0 bridgehead atoms. The molecule has 1 atom stereocenters. The number of sulfonamides is 1. The number of alkyl halides is 3. The fourth-order valence-corrected chi connectivity index (χ4v) is 6.43. The number of hydrogen-bond donors (Lipinski definition) is 1. The van der Waals surface area contributed by atoms with E-state index in [-0.39, 0.29) is 24.0 Å². The third-order valence-corrected chi connectivity index (χ3v) is 9.16. The first-order chi connectivity index (χ1) is 20.7. The van der Waals surface area contributed by atoms with E-state index in [1.54, 1.807) is 36.4 Å². The van der Waals surface area contributed by atoms with Crippen LogP contribution in [-0.2, 0) is 38.8 Å². The Morgan fingerprint density at radius 1 is 0.955 bits per heavy atom. The van der Waals surface area contributed by atoms with E-state index < -0.39 is 51.9 Å². The minimum absolute atomic E-state index is 0.0651. The van der Waals surface area contributed by atoms with Gasteiger partial charge in [-0.25, -0.2) is 8.42 Å². The van der Waals surface area contributed by atoms with Crippen LogP contribution >= 0.6 is 23.2 Å². The molecule has 1 unspecified atom stereocenters. The third kappa shape index (κ3) is 8.89. The fraction of sp³-hybridized carbons (Fsp3) is 0.355. The molecule has 13 heteroatoms. The average Bonchev–Trinajstić information content (AvgIpc) is 3.47. The van der Waals surface area contributed by atoms with Gasteiger partial charge in [-0.3, -0.25) is 13.9 Å². The largest absolute Gasteiger partial charge is 0.416 e. The van der Waals surface area contributed by atoms with Crippen LogP contribution in [0.1, 0.15) is 42.4 Å². The summed E-state index contributed by atoms with van der Waals surface area (Å²) >= 11 is 12.3. The first-order valence-corrected chi connectivity index (χ1v) is 16.6. The molecule has 0 heterocycles. The smallest absolute Gasteiger partial charge is 0.352 e. The zero-order valence-electron chi connectivity index (χ0n) is 23.9. The van der Waals surface area contributed by atoms with Gasteiger partial charge in [0, 0.05) is 24.0 Å². The second-order valence-corrected chi connectivity index (χ2v) is 13.5. The molecule has 1 fully saturated rings. The highest BCUT2D eigenvalue weighted by Crippen LogP contribution is 2.36. The molecule has 4 rings (SSSR count). The number of benzene rings is 3. The predicted molar refractivity (Wildman–Crippen MR) is 165 cm³/mol. The summed E-state index contributed by atoms with van der Waals surface area (Å²) in [6, 6.07) is 16.7. The molecule has 1 saturated carbocycles. The second kappa shape index (κ2) is 14.2. The van der Waals surface area contributed by atoms with Crippen molar-refractivity contribution < 1.29 is 31.2 Å². The molecule has 3 aromatic rings. The maximum absolute atomic E-state index is 14.2. The Morgan fingerprint density at radius 3 is 2.18 bits per heavy atom. The van der Waals surface area contributed by atoms with Crippen molar-refractivity contribution in [3.05, 3.63) is 99.5 Å². The Bertz CT molecular complexity index is 1570. The van der Waals surface area contributed by atoms with Crippen LogP contribution in [0, 0.1) is 0 Å². The molecule has 1 aliphatic rings. The van der Waals surface area contributed by atoms with Crippen molar-refractivity contribution in [1.29, 1.82) is 0 Å². The molecule has 0 aromatic heterocycles. The number of nitrogens with one attached hydrogen (secondary N) is 1. The van der Waals surface area contributed by atoms with Crippen LogP contribution in [0.25, 0.3) is 0 Å². The van der Waals surface area contributed by atoms with E-state index in [4.69, 9.17) is 23.2 Å². The molecular weight excluding hydrogens is 638 g/mol. The molecule has 0 aliphatic heterocycles. The van der Waals surface area contributed by atoms with E-state index in [9.17, 15) is 31.2 Å². The van der Waals surface area contributed by atoms with Gasteiger partial charge in [0.15, 0.2) is 0 Å². The number of halogens is 5. The maximum Gasteiger partial charge on any atom is 0.416 e. The number of carbonyl (C=O) groups is 2. The van der Waals surface area contributed by atoms with Crippen LogP contribution in [0.4, 0.5) is 18.9 Å². The molecule has 3 aromatic carbocycles. The highest BCUT2D eigenvalue weighted by Gasteiger charge is 2.36. The average molecular weight is 671 g/mol. The van der Waals surface area contributed by atoms with Crippen molar-refractivity contribution in [2.24, 2.45) is 0 Å². The molecule has 0 saturated heterocycles. The number of nitrogens with zero attached hydrogens (tertiary/aromatic N) is 2. The lowest BCUT2D eigenvalue weighted by Gasteiger charge is -2.34. The summed E-state index contributed by atoms with van der Waals surface area (Å²) in [5.74, 6) is -1.22. The predicted octanol–water partition coefficient (Wildman–Crippen LogP) is 6.48. The lowest BCUT2D eigenvalue weighted by molar-refractivity contribution is -0.140. The van der Waals surface area contributed by atoms with Gasteiger partial charge in [-0.1, -0.05) is 78.5 Å². The first kappa shape index (κ1) is 33.6. The molecule has 7 nitrogen and oxygen atoms in total. The van der Waals surface area contributed by atoms with E-state index in [0.29, 0.717) is 21.0 Å². The molecule has 1 N–H and O–H groups in total. The van der Waals surface area contributed by atoms with Gasteiger partial charge >= 0.3 is 6.18 Å². The van der Waals surface area contributed by atoms with Crippen LogP contribution in [0.5, 0.6) is 0 Å². The van der Waals surface area contributed by atoms with Gasteiger partial charge in [-0.15, -0.1) is 0 Å². The third-order valence-electron chi connectivity index (χ3n) is 7.46. The van der Waals surface area contributed by atoms with Gasteiger partial charge in [0.2, 0.25) is 21.8 Å². The number of hydrogen-bond acceptors (Lipinski definition) is 4. The lowest BCUT2D eigenvalue weighted by atomic mass is 10.0. The van der Waals surface area contributed by atoms with E-state index in [0.717, 1.165) is 49.6 Å². The Labute approximate surface area is 265 Å². The summed E-state index contributed by atoms with van der Waals surface area (Å²) in [5.41, 5.74) is -0.265. The normalized spacial score (nSPS) is 14.7. The molecule has 1 aliphatic carbocycles. The Hall–Kier alpha value is -3.28. The summed E-state index contributed by atoms with van der Waals surface area (Å²) in [7, 11) is -4.32. The Morgan fingerprint density at radius 2 is 1.59 bits per heavy atom. The minimum atomic E-state index is -4.79. The summed E-state index contributed by atoms with van der Waals surface area (Å²) in [6.45, 7) is -0.991. The molecule has 44 heavy (non-hydrogen) atoms. The number of anilines is 1. The second-order valence-electron chi connectivity index (χ2n) is 10.8. The minimum Gasteiger partial charge on any atom is -0.352 e. The van der Waals surface area contributed by atoms with Gasteiger partial charge in [0.05, 0.1) is 22.5 Å². The van der Waals surface area contributed by atoms with E-state index >= 15 is 0 Å². The van der Waals surface area contributed by atoms with Crippen LogP contribution in [-0.4, -0.2) is 50.0 Å². The van der Waals surface area contributed by atoms with Crippen molar-refractivity contribution in [3.8, 4) is 0 Å². The number of rotatable bonds is 11. The summed E-state index contributed by atoms with van der Waals surface area (Å²) < 4.78 is 67.1. The quantitative estimate of drug-likeness (QED) is 0.253. The van der Waals surface area contributed by atoms with Gasteiger partial charge in [-0.2, -0.15) is 13.2 Å². The topological polar surface area (TPSA) is 86.8 Å². The van der Waals surface area contributed by atoms with E-state index in [1.165, 1.54) is 4.90 Å². The van der Waals surface area contributed by atoms with Crippen LogP contribution in [0.2, 0.25) is 10.0 Å². The Kier molecular flexibility index (Phi) is 10.9. The van der Waals surface area contributed by atoms with Crippen molar-refractivity contribution >= 4 is 50.7 Å². The zero-order valence-corrected chi connectivity index (χ0v) is 26.2. The highest BCUT2D eigenvalue weighted by atomic mass is 35.5. The van der Waals surface area contributed by atoms with Crippen molar-refractivity contribution in [3.63, 3.8) is 0 Å². The SMILES string of the molecule is CS(=O)(=O)N(CC(=O)N(Cc1ccc(Cl)cc1)C(Cc1ccccc1)C(=O)NC1CCCC1)c1cc(C(F)(F)F)ccc1Cl. The van der Waals surface area contributed by atoms with Crippen LogP contribution in [0.3, 0.4) is 0 Å². The molecule has 2 amide bonds. The van der Waals surface area contributed by atoms with Crippen LogP contribution in [0.15, 0.2) is 72.8 Å². The van der Waals surface area contributed by atoms with Crippen molar-refractivity contribution in [1.82, 2.24) is 10.2 Å². The monoisotopic (exact) mass is 669 g/mol. The summed E-state index contributed by atoms with van der Waals surface area (Å²) in [4.78, 5) is 29.3. The summed E-state index contributed by atoms with van der Waals surface area (Å²) in [5, 5.41) is 3.21. The molecule has 0 radical (unpaired) electrons. The van der Waals surface area contributed by atoms with Crippen LogP contribution < -0.4 is 9.62 Å². The van der Waals surface area contributed by atoms with Crippen molar-refractivity contribution in [2.45, 2.75) is 56.9 Å². The van der Waals surface area contributed by atoms with Gasteiger partial charge < -0.3 is 10.2 Å². The molecule has 0 spiro atoms. The molecular formula is C31H32Cl2F3N3O4S. The molecule has 236 valence electrons. The highest BCUT2D eigenvalue weighted by molar-refractivity contribution is 7.92. The van der Waals surface area contributed by atoms with Gasteiger partial charge in [-0.05, 0) is 54.3 Å². The van der Waals surface area contributed by atoms with Gasteiger partial charge in [0.1, 0.15) is 12.6 Å². The Balaban J connectivity index is 1.76. The summed E-state index contributed by atoms with van der Waals surface area (Å²) in [6.07, 6.45) is -0.385. The maximum atomic E-state index is 14.2. The zero-order chi connectivity index (χ0) is 32.1. The number of carbonyl (C=O) groups excluding carboxylic acids is 2. The van der Waals surface area contributed by atoms with Gasteiger partial charge in [0.25, 0.3) is 0 Å². The fourth-order valence-electron chi connectivity index (χ4n) is 5.18. The first-order valence-electron chi connectivity index (χ1n) is 13.9. The van der Waals surface area contributed by atoms with E-state index in [2.05, 4.69) is 5.32 Å². The van der Waals surface area contributed by atoms with Crippen molar-refractivity contribution in [2.75, 3.05) is 17.1 Å². The standard InChI is InChI=1S/C31H32Cl2F3N3O4S/c1-44(42,43)39(27-18-23(31(34,35)36)13-16-26(27)33)20-29(40)38(19-22-11-14-24(32)15-12-22)28(17-21-7-3-2-4-8-21)30(41)37-25-9-5-6-10-25/h2-4,7-8,11-16,18,25,28H,5-6,9-10,17,19-20H2,1H3,(H,37,41). The van der Waals surface area contributed by atoms with E-state index in [1.807, 2.05) is 18.2 Å². The number of amides is 2. The lowest BCUT2D eigenvalue weighted by Crippen LogP contribution is -2.54.